The highest BCUT2D eigenvalue weighted by Gasteiger charge is 2.13. The van der Waals surface area contributed by atoms with E-state index in [1.54, 1.807) is 0 Å². The summed E-state index contributed by atoms with van der Waals surface area (Å²) in [5.74, 6) is -1.44. The Kier molecular flexibility index (Phi) is 2.89. The normalized spacial score (nSPS) is 10.5. The number of aromatic amines is 1. The van der Waals surface area contributed by atoms with Gasteiger partial charge in [0.25, 0.3) is 5.56 Å². The Morgan fingerprint density at radius 1 is 1.29 bits per heavy atom. The quantitative estimate of drug-likeness (QED) is 0.794. The number of nitrogens with zero attached hydrogens (tertiary/aromatic N) is 1. The van der Waals surface area contributed by atoms with Gasteiger partial charge in [-0.1, -0.05) is 6.07 Å². The number of aryl methyl sites for hydroxylation is 1. The number of H-pyrrole nitrogens is 1. The van der Waals surface area contributed by atoms with Gasteiger partial charge in [0.2, 0.25) is 0 Å². The highest BCUT2D eigenvalue weighted by Crippen LogP contribution is 2.20. The van der Waals surface area contributed by atoms with Gasteiger partial charge in [0, 0.05) is 12.3 Å². The molecule has 0 radical (unpaired) electrons. The van der Waals surface area contributed by atoms with Crippen LogP contribution in [-0.4, -0.2) is 9.55 Å². The molecule has 3 nitrogen and oxygen atoms in total. The largest absolute Gasteiger partial charge is 0.299 e. The first-order valence-electron chi connectivity index (χ1n) is 4.77. The molecule has 0 bridgehead atoms. The Morgan fingerprint density at radius 2 is 2.00 bits per heavy atom. The van der Waals surface area contributed by atoms with Gasteiger partial charge >= 0.3 is 0 Å². The predicted octanol–water partition coefficient (Wildman–Crippen LogP) is 2.48. The molecule has 1 aromatic heterocycles. The van der Waals surface area contributed by atoms with Crippen molar-refractivity contribution in [3.8, 4) is 5.69 Å². The van der Waals surface area contributed by atoms with Crippen molar-refractivity contribution in [2.75, 3.05) is 0 Å². The standard InChI is InChI=1S/C11H8F2N2OS/c1-6-2-3-7(12)10(9(6)13)15-5-4-8(16)14-11(15)17/h2-5H,1H3,(H,14,16,17). The Morgan fingerprint density at radius 3 is 2.65 bits per heavy atom. The highest BCUT2D eigenvalue weighted by molar-refractivity contribution is 7.71. The second kappa shape index (κ2) is 4.21. The molecule has 17 heavy (non-hydrogen) atoms. The minimum atomic E-state index is -0.740. The molecule has 0 saturated heterocycles. The molecule has 0 spiro atoms. The average Bonchev–Trinajstić information content (AvgIpc) is 2.27. The van der Waals surface area contributed by atoms with Gasteiger partial charge in [-0.3, -0.25) is 14.3 Å². The first kappa shape index (κ1) is 11.7. The maximum Gasteiger partial charge on any atom is 0.251 e. The number of rotatable bonds is 1. The van der Waals surface area contributed by atoms with Crippen molar-refractivity contribution in [1.82, 2.24) is 9.55 Å². The maximum absolute atomic E-state index is 13.8. The number of benzene rings is 1. The van der Waals surface area contributed by atoms with E-state index in [4.69, 9.17) is 12.2 Å². The highest BCUT2D eigenvalue weighted by atomic mass is 32.1. The number of hydrogen-bond donors (Lipinski definition) is 1. The molecule has 2 rings (SSSR count). The van der Waals surface area contributed by atoms with Crippen LogP contribution in [0.1, 0.15) is 5.56 Å². The van der Waals surface area contributed by atoms with Gasteiger partial charge in [0.05, 0.1) is 0 Å². The van der Waals surface area contributed by atoms with Crippen LogP contribution in [0.2, 0.25) is 0 Å². The van der Waals surface area contributed by atoms with Gasteiger partial charge in [0.15, 0.2) is 10.6 Å². The number of aromatic nitrogens is 2. The lowest BCUT2D eigenvalue weighted by Gasteiger charge is -2.10. The molecule has 0 aliphatic rings. The van der Waals surface area contributed by atoms with Crippen LogP contribution in [0.15, 0.2) is 29.2 Å². The van der Waals surface area contributed by atoms with E-state index in [-0.39, 0.29) is 10.5 Å². The van der Waals surface area contributed by atoms with Crippen LogP contribution in [-0.2, 0) is 0 Å². The van der Waals surface area contributed by atoms with E-state index in [9.17, 15) is 13.6 Å². The fourth-order valence-electron chi connectivity index (χ4n) is 1.46. The van der Waals surface area contributed by atoms with E-state index in [2.05, 4.69) is 4.98 Å². The van der Waals surface area contributed by atoms with Crippen molar-refractivity contribution in [2.45, 2.75) is 6.92 Å². The van der Waals surface area contributed by atoms with Gasteiger partial charge < -0.3 is 0 Å². The van der Waals surface area contributed by atoms with Gasteiger partial charge in [-0.15, -0.1) is 0 Å². The van der Waals surface area contributed by atoms with Crippen molar-refractivity contribution < 1.29 is 8.78 Å². The minimum absolute atomic E-state index is 0.0547. The molecular weight excluding hydrogens is 246 g/mol. The van der Waals surface area contributed by atoms with Crippen molar-refractivity contribution in [1.29, 1.82) is 0 Å². The molecule has 0 aliphatic heterocycles. The molecule has 0 amide bonds. The van der Waals surface area contributed by atoms with Crippen molar-refractivity contribution >= 4 is 12.2 Å². The van der Waals surface area contributed by atoms with Crippen LogP contribution in [0.25, 0.3) is 5.69 Å². The lowest BCUT2D eigenvalue weighted by Crippen LogP contribution is -2.12. The van der Waals surface area contributed by atoms with Crippen LogP contribution < -0.4 is 5.56 Å². The van der Waals surface area contributed by atoms with E-state index in [1.165, 1.54) is 19.2 Å². The fourth-order valence-corrected chi connectivity index (χ4v) is 1.71. The van der Waals surface area contributed by atoms with E-state index >= 15 is 0 Å². The molecule has 88 valence electrons. The average molecular weight is 254 g/mol. The van der Waals surface area contributed by atoms with Crippen LogP contribution in [0.3, 0.4) is 0 Å². The van der Waals surface area contributed by atoms with E-state index in [0.717, 1.165) is 16.7 Å². The summed E-state index contributed by atoms with van der Waals surface area (Å²) in [6.45, 7) is 1.52. The number of halogens is 2. The van der Waals surface area contributed by atoms with E-state index in [1.807, 2.05) is 0 Å². The van der Waals surface area contributed by atoms with Crippen LogP contribution >= 0.6 is 12.2 Å². The Hall–Kier alpha value is -1.82. The van der Waals surface area contributed by atoms with Crippen molar-refractivity contribution in [3.63, 3.8) is 0 Å². The van der Waals surface area contributed by atoms with Crippen LogP contribution in [0.5, 0.6) is 0 Å². The second-order valence-corrected chi connectivity index (χ2v) is 3.89. The maximum atomic E-state index is 13.8. The third-order valence-corrected chi connectivity index (χ3v) is 2.62. The summed E-state index contributed by atoms with van der Waals surface area (Å²) < 4.78 is 28.5. The zero-order valence-electron chi connectivity index (χ0n) is 8.83. The second-order valence-electron chi connectivity index (χ2n) is 3.51. The summed E-state index contributed by atoms with van der Waals surface area (Å²) in [7, 11) is 0. The van der Waals surface area contributed by atoms with Crippen molar-refractivity contribution in [2.24, 2.45) is 0 Å². The van der Waals surface area contributed by atoms with Gasteiger partial charge in [0.1, 0.15) is 11.5 Å². The summed E-state index contributed by atoms with van der Waals surface area (Å²) in [5, 5.41) is 0. The summed E-state index contributed by atoms with van der Waals surface area (Å²) in [6, 6.07) is 3.64. The Balaban J connectivity index is 2.81. The summed E-state index contributed by atoms with van der Waals surface area (Å²) in [5.41, 5.74) is -0.402. The monoisotopic (exact) mass is 254 g/mol. The molecule has 0 unspecified atom stereocenters. The molecule has 0 atom stereocenters. The summed E-state index contributed by atoms with van der Waals surface area (Å²) in [4.78, 5) is 13.3. The lowest BCUT2D eigenvalue weighted by atomic mass is 10.2. The number of nitrogens with one attached hydrogen (secondary N) is 1. The van der Waals surface area contributed by atoms with Crippen LogP contribution in [0, 0.1) is 23.3 Å². The third kappa shape index (κ3) is 2.03. The Bertz CT molecular complexity index is 691. The Labute approximate surface area is 100 Å². The molecule has 1 N–H and O–H groups in total. The fraction of sp³-hybridized carbons (Fsp3) is 0.0909. The summed E-state index contributed by atoms with van der Waals surface area (Å²) in [6.07, 6.45) is 1.24. The zero-order valence-corrected chi connectivity index (χ0v) is 9.65. The van der Waals surface area contributed by atoms with Crippen LogP contribution in [0.4, 0.5) is 8.78 Å². The molecule has 0 fully saturated rings. The van der Waals surface area contributed by atoms with E-state index in [0.29, 0.717) is 5.56 Å². The molecule has 0 saturated carbocycles. The van der Waals surface area contributed by atoms with E-state index < -0.39 is 17.2 Å². The zero-order chi connectivity index (χ0) is 12.6. The molecule has 1 aromatic carbocycles. The molecule has 0 aliphatic carbocycles. The predicted molar refractivity (Wildman–Crippen MR) is 61.9 cm³/mol. The smallest absolute Gasteiger partial charge is 0.251 e. The van der Waals surface area contributed by atoms with Gasteiger partial charge in [-0.25, -0.2) is 8.78 Å². The van der Waals surface area contributed by atoms with Gasteiger partial charge in [-0.2, -0.15) is 0 Å². The third-order valence-electron chi connectivity index (χ3n) is 2.32. The first-order chi connectivity index (χ1) is 8.00. The summed E-state index contributed by atoms with van der Waals surface area (Å²) >= 11 is 4.86. The van der Waals surface area contributed by atoms with Gasteiger partial charge in [-0.05, 0) is 30.8 Å². The molecular formula is C11H8F2N2OS. The minimum Gasteiger partial charge on any atom is -0.299 e. The lowest BCUT2D eigenvalue weighted by molar-refractivity contribution is 0.561. The SMILES string of the molecule is Cc1ccc(F)c(-n2ccc(=O)[nH]c2=S)c1F. The topological polar surface area (TPSA) is 37.8 Å². The molecule has 1 heterocycles. The molecule has 2 aromatic rings. The molecule has 6 heteroatoms. The van der Waals surface area contributed by atoms with Crippen molar-refractivity contribution in [3.05, 3.63) is 56.7 Å². The number of hydrogen-bond acceptors (Lipinski definition) is 2. The first-order valence-corrected chi connectivity index (χ1v) is 5.18.